The van der Waals surface area contributed by atoms with Crippen molar-refractivity contribution in [3.8, 4) is 0 Å². The van der Waals surface area contributed by atoms with Crippen LogP contribution in [0.1, 0.15) is 118 Å². The van der Waals surface area contributed by atoms with Crippen molar-refractivity contribution in [3.05, 3.63) is 35.4 Å². The lowest BCUT2D eigenvalue weighted by Gasteiger charge is -2.47. The van der Waals surface area contributed by atoms with Gasteiger partial charge in [-0.2, -0.15) is 0 Å². The highest BCUT2D eigenvalue weighted by Crippen LogP contribution is 2.41. The van der Waals surface area contributed by atoms with Crippen LogP contribution in [0, 0.1) is 5.92 Å². The molecule has 2 unspecified atom stereocenters. The van der Waals surface area contributed by atoms with Crippen molar-refractivity contribution in [2.45, 2.75) is 141 Å². The van der Waals surface area contributed by atoms with E-state index in [1.165, 1.54) is 30.9 Å². The fourth-order valence-corrected chi connectivity index (χ4v) is 7.10. The number of amides is 2. The molecule has 2 aliphatic heterocycles. The van der Waals surface area contributed by atoms with Crippen LogP contribution < -0.4 is 10.6 Å². The molecule has 2 atom stereocenters. The number of benzene rings is 1. The smallest absolute Gasteiger partial charge is 0.403 e. The number of unbranched alkanes of at least 4 members (excludes halogenated alkanes) is 1. The third-order valence-electron chi connectivity index (χ3n) is 9.86. The Kier molecular flexibility index (Phi) is 9.67. The van der Waals surface area contributed by atoms with Gasteiger partial charge < -0.3 is 19.9 Å². The molecule has 1 aliphatic carbocycles. The van der Waals surface area contributed by atoms with Gasteiger partial charge in [0.25, 0.3) is 0 Å². The number of carbonyl (C=O) groups is 2. The van der Waals surface area contributed by atoms with E-state index < -0.39 is 11.1 Å². The molecule has 41 heavy (non-hydrogen) atoms. The van der Waals surface area contributed by atoms with Gasteiger partial charge in [-0.15, -0.1) is 0 Å². The van der Waals surface area contributed by atoms with Crippen molar-refractivity contribution in [2.75, 3.05) is 13.1 Å². The molecule has 0 radical (unpaired) electrons. The standard InChI is InChI=1S/C33H54BN3O4/c1-24(38)35-33(29(39)36-30(2,3)4,20-11-12-21-34-40-31(5,6)32(7,8)41-34)26-18-22-37(23-19-26)28-17-13-15-25-14-9-10-16-27(25)28/h9-10,14,16,26,28H,11-13,15,17-23H2,1-8H3,(H,35,38)(H,36,39). The van der Waals surface area contributed by atoms with Crippen molar-refractivity contribution in [3.63, 3.8) is 0 Å². The molecule has 1 aromatic rings. The largest absolute Gasteiger partial charge is 0.457 e. The number of aryl methyl sites for hydroxylation is 1. The van der Waals surface area contributed by atoms with Crippen molar-refractivity contribution < 1.29 is 18.9 Å². The van der Waals surface area contributed by atoms with Crippen LogP contribution in [-0.4, -0.2) is 59.2 Å². The number of carbonyl (C=O) groups excluding carboxylic acids is 2. The highest BCUT2D eigenvalue weighted by molar-refractivity contribution is 6.45. The zero-order chi connectivity index (χ0) is 30.1. The summed E-state index contributed by atoms with van der Waals surface area (Å²) in [5.74, 6) is -0.137. The van der Waals surface area contributed by atoms with Crippen molar-refractivity contribution in [1.29, 1.82) is 0 Å². The first-order valence-electron chi connectivity index (χ1n) is 15.9. The number of fused-ring (bicyclic) bond motifs is 1. The second-order valence-corrected chi connectivity index (χ2v) is 14.7. The van der Waals surface area contributed by atoms with Crippen LogP contribution in [0.25, 0.3) is 0 Å². The SMILES string of the molecule is CC(=O)NC(CCCCB1OC(C)(C)C(C)(C)O1)(C(=O)NC(C)(C)C)C1CCN(C2CCCc3ccccc32)CC1. The van der Waals surface area contributed by atoms with Crippen LogP contribution in [0.4, 0.5) is 0 Å². The lowest BCUT2D eigenvalue weighted by Crippen LogP contribution is -2.66. The molecular weight excluding hydrogens is 513 g/mol. The summed E-state index contributed by atoms with van der Waals surface area (Å²) in [5, 5.41) is 6.46. The fraction of sp³-hybridized carbons (Fsp3) is 0.758. The average Bonchev–Trinajstić information content (AvgIpc) is 3.10. The minimum absolute atomic E-state index is 0.0581. The van der Waals surface area contributed by atoms with Crippen LogP contribution >= 0.6 is 0 Å². The minimum Gasteiger partial charge on any atom is -0.403 e. The fourth-order valence-electron chi connectivity index (χ4n) is 7.10. The number of hydrogen-bond donors (Lipinski definition) is 2. The molecule has 0 aromatic heterocycles. The summed E-state index contributed by atoms with van der Waals surface area (Å²) in [5.41, 5.74) is 0.916. The number of piperidine rings is 1. The van der Waals surface area contributed by atoms with E-state index in [0.717, 1.165) is 51.5 Å². The van der Waals surface area contributed by atoms with Gasteiger partial charge in [-0.25, -0.2) is 0 Å². The normalized spacial score (nSPS) is 24.4. The highest BCUT2D eigenvalue weighted by Gasteiger charge is 2.51. The summed E-state index contributed by atoms with van der Waals surface area (Å²) in [6, 6.07) is 9.32. The van der Waals surface area contributed by atoms with E-state index in [1.54, 1.807) is 0 Å². The summed E-state index contributed by atoms with van der Waals surface area (Å²) >= 11 is 0. The first-order chi connectivity index (χ1) is 19.1. The van der Waals surface area contributed by atoms with Gasteiger partial charge in [0.05, 0.1) is 11.2 Å². The topological polar surface area (TPSA) is 79.9 Å². The summed E-state index contributed by atoms with van der Waals surface area (Å²) in [6.07, 6.45) is 8.36. The summed E-state index contributed by atoms with van der Waals surface area (Å²) in [6.45, 7) is 17.7. The average molecular weight is 568 g/mol. The first kappa shape index (κ1) is 32.0. The molecule has 8 heteroatoms. The number of nitrogens with one attached hydrogen (secondary N) is 2. The lowest BCUT2D eigenvalue weighted by atomic mass is 9.72. The Morgan fingerprint density at radius 2 is 1.61 bits per heavy atom. The van der Waals surface area contributed by atoms with Gasteiger partial charge in [0, 0.05) is 18.5 Å². The molecule has 3 aliphatic rings. The highest BCUT2D eigenvalue weighted by atomic mass is 16.7. The maximum atomic E-state index is 14.1. The third kappa shape index (κ3) is 7.37. The Morgan fingerprint density at radius 1 is 0.976 bits per heavy atom. The molecule has 4 rings (SSSR count). The van der Waals surface area contributed by atoms with Gasteiger partial charge in [-0.05, 0) is 123 Å². The van der Waals surface area contributed by atoms with Crippen molar-refractivity contribution >= 4 is 18.9 Å². The van der Waals surface area contributed by atoms with Crippen LogP contribution in [0.2, 0.25) is 6.32 Å². The van der Waals surface area contributed by atoms with E-state index in [1.807, 2.05) is 20.8 Å². The number of rotatable bonds is 9. The van der Waals surface area contributed by atoms with E-state index in [4.69, 9.17) is 9.31 Å². The van der Waals surface area contributed by atoms with Crippen LogP contribution in [0.15, 0.2) is 24.3 Å². The quantitative estimate of drug-likeness (QED) is 0.290. The molecule has 0 spiro atoms. The molecule has 2 fully saturated rings. The predicted octanol–water partition coefficient (Wildman–Crippen LogP) is 5.83. The Bertz CT molecular complexity index is 1060. The molecule has 7 nitrogen and oxygen atoms in total. The summed E-state index contributed by atoms with van der Waals surface area (Å²) in [7, 11) is -0.250. The molecule has 2 saturated heterocycles. The molecule has 1 aromatic carbocycles. The van der Waals surface area contributed by atoms with Crippen molar-refractivity contribution in [1.82, 2.24) is 15.5 Å². The Hall–Kier alpha value is -1.90. The maximum absolute atomic E-state index is 14.1. The van der Waals surface area contributed by atoms with Gasteiger partial charge in [0.1, 0.15) is 5.54 Å². The van der Waals surface area contributed by atoms with Crippen LogP contribution in [0.3, 0.4) is 0 Å². The van der Waals surface area contributed by atoms with E-state index in [0.29, 0.717) is 12.5 Å². The van der Waals surface area contributed by atoms with Gasteiger partial charge >= 0.3 is 7.12 Å². The van der Waals surface area contributed by atoms with Gasteiger partial charge in [0.15, 0.2) is 0 Å². The Morgan fingerprint density at radius 3 is 2.22 bits per heavy atom. The second-order valence-electron chi connectivity index (χ2n) is 14.7. The van der Waals surface area contributed by atoms with Gasteiger partial charge in [-0.1, -0.05) is 37.1 Å². The number of hydrogen-bond acceptors (Lipinski definition) is 5. The zero-order valence-electron chi connectivity index (χ0n) is 26.9. The maximum Gasteiger partial charge on any atom is 0.457 e. The molecule has 0 bridgehead atoms. The Labute approximate surface area is 249 Å². The molecular formula is C33H54BN3O4. The monoisotopic (exact) mass is 567 g/mol. The molecule has 2 amide bonds. The summed E-state index contributed by atoms with van der Waals surface area (Å²) < 4.78 is 12.4. The first-order valence-corrected chi connectivity index (χ1v) is 15.9. The number of nitrogens with zero attached hydrogens (tertiary/aromatic N) is 1. The van der Waals surface area contributed by atoms with E-state index in [2.05, 4.69) is 67.5 Å². The molecule has 228 valence electrons. The van der Waals surface area contributed by atoms with E-state index >= 15 is 0 Å². The van der Waals surface area contributed by atoms with Crippen LogP contribution in [-0.2, 0) is 25.3 Å². The zero-order valence-corrected chi connectivity index (χ0v) is 26.9. The van der Waals surface area contributed by atoms with E-state index in [-0.39, 0.29) is 36.1 Å². The minimum atomic E-state index is -0.939. The lowest BCUT2D eigenvalue weighted by molar-refractivity contribution is -0.138. The third-order valence-corrected chi connectivity index (χ3v) is 9.86. The van der Waals surface area contributed by atoms with Crippen LogP contribution in [0.5, 0.6) is 0 Å². The van der Waals surface area contributed by atoms with E-state index in [9.17, 15) is 9.59 Å². The Balaban J connectivity index is 1.47. The molecule has 2 N–H and O–H groups in total. The number of likely N-dealkylation sites (tertiary alicyclic amines) is 1. The van der Waals surface area contributed by atoms with Gasteiger partial charge in [-0.3, -0.25) is 14.5 Å². The predicted molar refractivity (Wildman–Crippen MR) is 166 cm³/mol. The summed E-state index contributed by atoms with van der Waals surface area (Å²) in [4.78, 5) is 29.4. The molecule has 0 saturated carbocycles. The van der Waals surface area contributed by atoms with Gasteiger partial charge in [0.2, 0.25) is 11.8 Å². The van der Waals surface area contributed by atoms with Crippen molar-refractivity contribution in [2.24, 2.45) is 5.92 Å². The second kappa shape index (κ2) is 12.4. The molecule has 2 heterocycles.